The number of benzene rings is 1. The number of ether oxygens (including phenoxy) is 1. The van der Waals surface area contributed by atoms with Crippen molar-refractivity contribution in [1.82, 2.24) is 0 Å². The molecular weight excluding hydrogens is 264 g/mol. The second-order valence-corrected chi connectivity index (χ2v) is 7.36. The molecule has 1 saturated carbocycles. The van der Waals surface area contributed by atoms with Crippen LogP contribution >= 0.6 is 0 Å². The largest absolute Gasteiger partial charge is 0.508 e. The fourth-order valence-corrected chi connectivity index (χ4v) is 5.02. The van der Waals surface area contributed by atoms with Crippen molar-refractivity contribution in [2.24, 2.45) is 17.3 Å². The Balaban J connectivity index is 1.70. The molecular formula is C18H22O3. The van der Waals surface area contributed by atoms with E-state index in [-0.39, 0.29) is 11.4 Å². The van der Waals surface area contributed by atoms with Crippen LogP contribution in [0.2, 0.25) is 0 Å². The van der Waals surface area contributed by atoms with E-state index in [0.717, 1.165) is 19.3 Å². The summed E-state index contributed by atoms with van der Waals surface area (Å²) in [6.07, 6.45) is 5.05. The van der Waals surface area contributed by atoms with Gasteiger partial charge >= 0.3 is 5.97 Å². The first-order valence-electron chi connectivity index (χ1n) is 8.04. The summed E-state index contributed by atoms with van der Waals surface area (Å²) in [5.41, 5.74) is 2.88. The number of rotatable bonds is 0. The summed E-state index contributed by atoms with van der Waals surface area (Å²) in [6.45, 7) is 2.90. The van der Waals surface area contributed by atoms with Crippen LogP contribution in [0.3, 0.4) is 0 Å². The van der Waals surface area contributed by atoms with Gasteiger partial charge in [-0.15, -0.1) is 0 Å². The summed E-state index contributed by atoms with van der Waals surface area (Å²) in [5, 5.41) is 9.69. The quantitative estimate of drug-likeness (QED) is 0.744. The summed E-state index contributed by atoms with van der Waals surface area (Å²) in [6, 6.07) is 5.84. The van der Waals surface area contributed by atoms with Crippen LogP contribution in [0.4, 0.5) is 0 Å². The number of cyclic esters (lactones) is 1. The third kappa shape index (κ3) is 1.97. The number of aromatic hydroxyl groups is 1. The van der Waals surface area contributed by atoms with Crippen LogP contribution < -0.4 is 0 Å². The summed E-state index contributed by atoms with van der Waals surface area (Å²) >= 11 is 0. The zero-order valence-corrected chi connectivity index (χ0v) is 12.5. The number of hydrogen-bond donors (Lipinski definition) is 1. The van der Waals surface area contributed by atoms with E-state index in [0.29, 0.717) is 36.5 Å². The molecule has 1 saturated heterocycles. The summed E-state index contributed by atoms with van der Waals surface area (Å²) in [5.74, 6) is 1.95. The Morgan fingerprint density at radius 3 is 3.05 bits per heavy atom. The van der Waals surface area contributed by atoms with Gasteiger partial charge in [0, 0.05) is 11.8 Å². The van der Waals surface area contributed by atoms with Crippen molar-refractivity contribution in [2.45, 2.75) is 44.9 Å². The number of hydrogen-bond acceptors (Lipinski definition) is 3. The van der Waals surface area contributed by atoms with E-state index >= 15 is 0 Å². The number of phenolic OH excluding ortho intramolecular Hbond substituents is 1. The number of fused-ring (bicyclic) bond motifs is 5. The predicted octanol–water partition coefficient (Wildman–Crippen LogP) is 3.40. The highest BCUT2D eigenvalue weighted by molar-refractivity contribution is 5.71. The van der Waals surface area contributed by atoms with E-state index in [1.54, 1.807) is 0 Å². The standard InChI is InChI=1S/C18H22O3/c1-18-7-6-14-13-5-3-12(19)8-11(13)2-4-15(14)16(18)9-17(20)21-10-18/h3,5,8,14-16,19H,2,4,6-7,9-10H2,1H3/t14-,15-,16+,18-/m1/s1. The van der Waals surface area contributed by atoms with E-state index in [9.17, 15) is 9.90 Å². The van der Waals surface area contributed by atoms with Gasteiger partial charge in [-0.3, -0.25) is 4.79 Å². The molecule has 2 aliphatic carbocycles. The highest BCUT2D eigenvalue weighted by atomic mass is 16.5. The molecule has 3 heteroatoms. The van der Waals surface area contributed by atoms with Crippen molar-refractivity contribution in [3.05, 3.63) is 29.3 Å². The summed E-state index contributed by atoms with van der Waals surface area (Å²) in [7, 11) is 0. The van der Waals surface area contributed by atoms with Crippen molar-refractivity contribution in [1.29, 1.82) is 0 Å². The van der Waals surface area contributed by atoms with Crippen molar-refractivity contribution in [2.75, 3.05) is 6.61 Å². The number of phenols is 1. The molecule has 1 aliphatic heterocycles. The topological polar surface area (TPSA) is 46.5 Å². The predicted molar refractivity (Wildman–Crippen MR) is 79.1 cm³/mol. The van der Waals surface area contributed by atoms with Gasteiger partial charge in [0.05, 0.1) is 6.61 Å². The Labute approximate surface area is 125 Å². The number of esters is 1. The van der Waals surface area contributed by atoms with Gasteiger partial charge in [-0.05, 0) is 66.7 Å². The maximum atomic E-state index is 11.8. The normalized spacial score (nSPS) is 38.0. The smallest absolute Gasteiger partial charge is 0.306 e. The van der Waals surface area contributed by atoms with Crippen molar-refractivity contribution in [3.63, 3.8) is 0 Å². The molecule has 0 bridgehead atoms. The van der Waals surface area contributed by atoms with E-state index in [2.05, 4.69) is 13.0 Å². The maximum absolute atomic E-state index is 11.8. The summed E-state index contributed by atoms with van der Waals surface area (Å²) < 4.78 is 5.34. The Morgan fingerprint density at radius 2 is 2.19 bits per heavy atom. The number of carbonyl (C=O) groups is 1. The van der Waals surface area contributed by atoms with Gasteiger partial charge in [0.25, 0.3) is 0 Å². The molecule has 4 atom stereocenters. The minimum Gasteiger partial charge on any atom is -0.508 e. The zero-order chi connectivity index (χ0) is 14.6. The third-order valence-electron chi connectivity index (χ3n) is 6.18. The molecule has 0 spiro atoms. The first-order valence-corrected chi connectivity index (χ1v) is 8.04. The van der Waals surface area contributed by atoms with Gasteiger partial charge in [0.15, 0.2) is 0 Å². The van der Waals surface area contributed by atoms with Crippen molar-refractivity contribution >= 4 is 5.97 Å². The van der Waals surface area contributed by atoms with Crippen LogP contribution in [0.15, 0.2) is 18.2 Å². The third-order valence-corrected chi connectivity index (χ3v) is 6.18. The molecule has 3 aliphatic rings. The van der Waals surface area contributed by atoms with Gasteiger partial charge in [-0.1, -0.05) is 13.0 Å². The van der Waals surface area contributed by atoms with Crippen LogP contribution in [0, 0.1) is 17.3 Å². The molecule has 1 heterocycles. The van der Waals surface area contributed by atoms with E-state index < -0.39 is 0 Å². The molecule has 112 valence electrons. The van der Waals surface area contributed by atoms with Crippen molar-refractivity contribution in [3.8, 4) is 5.75 Å². The molecule has 0 aromatic heterocycles. The molecule has 21 heavy (non-hydrogen) atoms. The molecule has 1 aromatic carbocycles. The molecule has 1 N–H and O–H groups in total. The molecule has 2 fully saturated rings. The van der Waals surface area contributed by atoms with Crippen LogP contribution in [0.5, 0.6) is 5.75 Å². The average Bonchev–Trinajstić information content (AvgIpc) is 2.47. The second kappa shape index (κ2) is 4.49. The molecule has 3 nitrogen and oxygen atoms in total. The van der Waals surface area contributed by atoms with Gasteiger partial charge in [-0.2, -0.15) is 0 Å². The lowest BCUT2D eigenvalue weighted by molar-refractivity contribution is -0.166. The molecule has 0 radical (unpaired) electrons. The maximum Gasteiger partial charge on any atom is 0.306 e. The van der Waals surface area contributed by atoms with E-state index in [1.165, 1.54) is 17.5 Å². The zero-order valence-electron chi connectivity index (χ0n) is 12.5. The van der Waals surface area contributed by atoms with Crippen LogP contribution in [0.1, 0.15) is 49.7 Å². The van der Waals surface area contributed by atoms with Gasteiger partial charge in [-0.25, -0.2) is 0 Å². The van der Waals surface area contributed by atoms with Crippen LogP contribution in [0.25, 0.3) is 0 Å². The first kappa shape index (κ1) is 13.2. The fraction of sp³-hybridized carbons (Fsp3) is 0.611. The highest BCUT2D eigenvalue weighted by Crippen LogP contribution is 2.57. The van der Waals surface area contributed by atoms with Gasteiger partial charge in [0.2, 0.25) is 0 Å². The van der Waals surface area contributed by atoms with E-state index in [1.807, 2.05) is 12.1 Å². The average molecular weight is 286 g/mol. The molecule has 0 amide bonds. The minimum atomic E-state index is -0.0189. The molecule has 1 aromatic rings. The molecule has 0 unspecified atom stereocenters. The Morgan fingerprint density at radius 1 is 1.33 bits per heavy atom. The van der Waals surface area contributed by atoms with Gasteiger partial charge in [0.1, 0.15) is 5.75 Å². The lowest BCUT2D eigenvalue weighted by Crippen LogP contribution is -2.49. The van der Waals surface area contributed by atoms with Gasteiger partial charge < -0.3 is 9.84 Å². The second-order valence-electron chi connectivity index (χ2n) is 7.36. The number of carbonyl (C=O) groups excluding carboxylic acids is 1. The number of aryl methyl sites for hydroxylation is 1. The molecule has 4 rings (SSSR count). The Hall–Kier alpha value is -1.51. The lowest BCUT2D eigenvalue weighted by Gasteiger charge is -2.53. The Bertz CT molecular complexity index is 594. The van der Waals surface area contributed by atoms with Crippen LogP contribution in [-0.2, 0) is 16.0 Å². The van der Waals surface area contributed by atoms with E-state index in [4.69, 9.17) is 4.74 Å². The minimum absolute atomic E-state index is 0.0189. The van der Waals surface area contributed by atoms with Crippen LogP contribution in [-0.4, -0.2) is 17.7 Å². The SMILES string of the molecule is C[C@]12CC[C@@H]3c4ccc(O)cc4CC[C@H]3[C@@H]1CC(=O)OC2. The Kier molecular flexibility index (Phi) is 2.82. The first-order chi connectivity index (χ1) is 10.1. The monoisotopic (exact) mass is 286 g/mol. The summed E-state index contributed by atoms with van der Waals surface area (Å²) in [4.78, 5) is 11.8. The fourth-order valence-electron chi connectivity index (χ4n) is 5.02. The highest BCUT2D eigenvalue weighted by Gasteiger charge is 2.51. The lowest BCUT2D eigenvalue weighted by atomic mass is 9.53. The van der Waals surface area contributed by atoms with Crippen molar-refractivity contribution < 1.29 is 14.6 Å².